The zero-order valence-corrected chi connectivity index (χ0v) is 9.14. The van der Waals surface area contributed by atoms with Gasteiger partial charge in [0.2, 0.25) is 0 Å². The largest absolute Gasteiger partial charge is 0.467 e. The molecule has 0 aromatic carbocycles. The molecule has 0 N–H and O–H groups in total. The molecule has 0 radical (unpaired) electrons. The maximum Gasteiger partial charge on any atom is 0.322 e. The lowest BCUT2D eigenvalue weighted by molar-refractivity contribution is 0.277. The smallest absolute Gasteiger partial charge is 0.322 e. The third kappa shape index (κ3) is 6.39. The summed E-state index contributed by atoms with van der Waals surface area (Å²) in [5.41, 5.74) is 0. The quantitative estimate of drug-likeness (QED) is 0.686. The third-order valence-corrected chi connectivity index (χ3v) is 1.04. The highest BCUT2D eigenvalue weighted by Gasteiger charge is 1.98. The average Bonchev–Trinajstić information content (AvgIpc) is 2.28. The maximum atomic E-state index is 5.04. The summed E-state index contributed by atoms with van der Waals surface area (Å²) in [6, 6.07) is 0.478. The molecule has 0 saturated carbocycles. The van der Waals surface area contributed by atoms with Gasteiger partial charge in [-0.3, -0.25) is 0 Å². The molecule has 1 aromatic heterocycles. The van der Waals surface area contributed by atoms with Gasteiger partial charge < -0.3 is 14.2 Å². The Morgan fingerprint density at radius 3 is 2.40 bits per heavy atom. The van der Waals surface area contributed by atoms with Gasteiger partial charge in [-0.05, 0) is 0 Å². The van der Waals surface area contributed by atoms with E-state index in [-0.39, 0.29) is 12.0 Å². The Kier molecular flexibility index (Phi) is 7.89. The first-order chi connectivity index (χ1) is 7.28. The Labute approximate surface area is 88.9 Å². The van der Waals surface area contributed by atoms with Crippen molar-refractivity contribution in [1.29, 1.82) is 0 Å². The van der Waals surface area contributed by atoms with Crippen molar-refractivity contribution < 1.29 is 14.2 Å². The van der Waals surface area contributed by atoms with E-state index >= 15 is 0 Å². The number of aromatic nitrogens is 3. The van der Waals surface area contributed by atoms with Gasteiger partial charge in [0, 0.05) is 14.2 Å². The van der Waals surface area contributed by atoms with Crippen molar-refractivity contribution in [2.75, 3.05) is 27.9 Å². The molecule has 0 unspecified atom stereocenters. The Morgan fingerprint density at radius 2 is 1.87 bits per heavy atom. The van der Waals surface area contributed by atoms with Gasteiger partial charge in [0.1, 0.15) is 12.9 Å². The predicted octanol–water partition coefficient (Wildman–Crippen LogP) is 0.708. The van der Waals surface area contributed by atoms with E-state index in [4.69, 9.17) is 9.47 Å². The molecular weight excluding hydrogens is 198 g/mol. The molecule has 84 valence electrons. The van der Waals surface area contributed by atoms with Crippen molar-refractivity contribution in [3.63, 3.8) is 0 Å². The lowest BCUT2D eigenvalue weighted by Crippen LogP contribution is -2.00. The topological polar surface area (TPSA) is 66.4 Å². The summed E-state index contributed by atoms with van der Waals surface area (Å²) in [6.45, 7) is 3.86. The zero-order chi connectivity index (χ0) is 11.5. The van der Waals surface area contributed by atoms with Gasteiger partial charge in [0.05, 0.1) is 7.11 Å². The molecule has 0 aliphatic heterocycles. The Hall–Kier alpha value is -1.69. The predicted molar refractivity (Wildman–Crippen MR) is 55.0 cm³/mol. The highest BCUT2D eigenvalue weighted by atomic mass is 16.5. The van der Waals surface area contributed by atoms with Crippen molar-refractivity contribution in [3.8, 4) is 12.0 Å². The first-order valence-electron chi connectivity index (χ1n) is 4.15. The van der Waals surface area contributed by atoms with Crippen LogP contribution in [0.1, 0.15) is 0 Å². The van der Waals surface area contributed by atoms with E-state index in [9.17, 15) is 0 Å². The summed E-state index contributed by atoms with van der Waals surface area (Å²) < 4.78 is 14.1. The second-order valence-electron chi connectivity index (χ2n) is 2.26. The van der Waals surface area contributed by atoms with Crippen LogP contribution in [-0.2, 0) is 4.74 Å². The molecule has 0 saturated heterocycles. The first kappa shape index (κ1) is 13.3. The van der Waals surface area contributed by atoms with Crippen LogP contribution in [0.15, 0.2) is 19.0 Å². The van der Waals surface area contributed by atoms with Crippen LogP contribution in [0.2, 0.25) is 0 Å². The summed E-state index contributed by atoms with van der Waals surface area (Å²) >= 11 is 0. The van der Waals surface area contributed by atoms with Gasteiger partial charge in [0.15, 0.2) is 0 Å². The standard InChI is InChI=1S/C7H9N3O2.C2H6O/c1-3-4-12-7-9-5-8-6(10-7)11-2;1-3-2/h3,5H,1,4H2,2H3;1-2H3. The molecule has 0 amide bonds. The number of hydrogen-bond acceptors (Lipinski definition) is 6. The van der Waals surface area contributed by atoms with E-state index in [0.717, 1.165) is 0 Å². The molecule has 1 heterocycles. The zero-order valence-electron chi connectivity index (χ0n) is 9.14. The molecule has 6 nitrogen and oxygen atoms in total. The third-order valence-electron chi connectivity index (χ3n) is 1.04. The molecule has 0 aliphatic rings. The molecule has 0 fully saturated rings. The second kappa shape index (κ2) is 8.89. The maximum absolute atomic E-state index is 5.04. The second-order valence-corrected chi connectivity index (χ2v) is 2.26. The van der Waals surface area contributed by atoms with E-state index in [0.29, 0.717) is 6.61 Å². The molecule has 1 rings (SSSR count). The lowest BCUT2D eigenvalue weighted by atomic mass is 10.7. The number of methoxy groups -OCH3 is 2. The molecular formula is C9H15N3O3. The lowest BCUT2D eigenvalue weighted by Gasteiger charge is -2.00. The van der Waals surface area contributed by atoms with Gasteiger partial charge in [-0.15, -0.1) is 4.98 Å². The van der Waals surface area contributed by atoms with Gasteiger partial charge >= 0.3 is 12.0 Å². The monoisotopic (exact) mass is 213 g/mol. The Morgan fingerprint density at radius 1 is 1.27 bits per heavy atom. The molecule has 0 aliphatic carbocycles. The van der Waals surface area contributed by atoms with Gasteiger partial charge in [0.25, 0.3) is 0 Å². The summed E-state index contributed by atoms with van der Waals surface area (Å²) in [7, 11) is 4.73. The van der Waals surface area contributed by atoms with E-state index in [2.05, 4.69) is 26.3 Å². The van der Waals surface area contributed by atoms with Gasteiger partial charge in [-0.2, -0.15) is 9.97 Å². The van der Waals surface area contributed by atoms with E-state index < -0.39 is 0 Å². The normalized spacial score (nSPS) is 8.47. The van der Waals surface area contributed by atoms with E-state index in [1.807, 2.05) is 0 Å². The summed E-state index contributed by atoms with van der Waals surface area (Å²) in [5.74, 6) is 0. The Bertz CT molecular complexity index is 281. The highest BCUT2D eigenvalue weighted by molar-refractivity contribution is 4.99. The van der Waals surface area contributed by atoms with Gasteiger partial charge in [-0.1, -0.05) is 12.7 Å². The minimum Gasteiger partial charge on any atom is -0.467 e. The SMILES string of the molecule is C=CCOc1ncnc(OC)n1.COC. The van der Waals surface area contributed by atoms with Crippen molar-refractivity contribution in [3.05, 3.63) is 19.0 Å². The van der Waals surface area contributed by atoms with Crippen molar-refractivity contribution in [2.24, 2.45) is 0 Å². The van der Waals surface area contributed by atoms with Gasteiger partial charge in [-0.25, -0.2) is 0 Å². The van der Waals surface area contributed by atoms with Crippen LogP contribution < -0.4 is 9.47 Å². The molecule has 0 spiro atoms. The summed E-state index contributed by atoms with van der Waals surface area (Å²) in [6.07, 6.45) is 2.93. The fourth-order valence-corrected chi connectivity index (χ4v) is 0.569. The molecule has 0 bridgehead atoms. The molecule has 0 atom stereocenters. The number of nitrogens with zero attached hydrogens (tertiary/aromatic N) is 3. The minimum atomic E-state index is 0.238. The van der Waals surface area contributed by atoms with Crippen molar-refractivity contribution in [2.45, 2.75) is 0 Å². The summed E-state index contributed by atoms with van der Waals surface area (Å²) in [5, 5.41) is 0. The fourth-order valence-electron chi connectivity index (χ4n) is 0.569. The van der Waals surface area contributed by atoms with Crippen molar-refractivity contribution >= 4 is 0 Å². The molecule has 1 aromatic rings. The summed E-state index contributed by atoms with van der Waals surface area (Å²) in [4.78, 5) is 11.3. The highest BCUT2D eigenvalue weighted by Crippen LogP contribution is 2.04. The molecule has 6 heteroatoms. The van der Waals surface area contributed by atoms with Crippen LogP contribution in [0, 0.1) is 0 Å². The number of rotatable bonds is 4. The van der Waals surface area contributed by atoms with Crippen LogP contribution in [0.4, 0.5) is 0 Å². The van der Waals surface area contributed by atoms with Crippen LogP contribution in [-0.4, -0.2) is 42.9 Å². The minimum absolute atomic E-state index is 0.238. The Balaban J connectivity index is 0.000000583. The van der Waals surface area contributed by atoms with Crippen LogP contribution in [0.5, 0.6) is 12.0 Å². The number of hydrogen-bond donors (Lipinski definition) is 0. The van der Waals surface area contributed by atoms with E-state index in [1.165, 1.54) is 13.4 Å². The van der Waals surface area contributed by atoms with Crippen LogP contribution in [0.3, 0.4) is 0 Å². The van der Waals surface area contributed by atoms with Crippen LogP contribution in [0.25, 0.3) is 0 Å². The first-order valence-corrected chi connectivity index (χ1v) is 4.15. The molecule has 15 heavy (non-hydrogen) atoms. The average molecular weight is 213 g/mol. The fraction of sp³-hybridized carbons (Fsp3) is 0.444. The van der Waals surface area contributed by atoms with Crippen LogP contribution >= 0.6 is 0 Å². The van der Waals surface area contributed by atoms with Crippen molar-refractivity contribution in [1.82, 2.24) is 15.0 Å². The van der Waals surface area contributed by atoms with E-state index in [1.54, 1.807) is 20.3 Å². The number of ether oxygens (including phenoxy) is 3.